The standard InChI is InChI=1S/C25H31N3O4S/c1-18-7-10-22(19(2)16-18)26-12-14-27(15-13-26)25(30)21-9-8-20(17-23(21)33(3,31)32)28-11-5-4-6-24(28)29/h7-10,16-17H,4-6,11-15H2,1-3H3. The summed E-state index contributed by atoms with van der Waals surface area (Å²) in [6.07, 6.45) is 3.29. The number of amides is 2. The number of hydrogen-bond acceptors (Lipinski definition) is 5. The van der Waals surface area contributed by atoms with Gasteiger partial charge in [0.25, 0.3) is 5.91 Å². The molecule has 0 saturated carbocycles. The first-order valence-corrected chi connectivity index (χ1v) is 13.3. The summed E-state index contributed by atoms with van der Waals surface area (Å²) in [5.41, 5.74) is 4.30. The fourth-order valence-corrected chi connectivity index (χ4v) is 5.61. The Morgan fingerprint density at radius 2 is 1.64 bits per heavy atom. The molecule has 2 heterocycles. The van der Waals surface area contributed by atoms with Crippen molar-refractivity contribution in [3.8, 4) is 0 Å². The summed E-state index contributed by atoms with van der Waals surface area (Å²) >= 11 is 0. The van der Waals surface area contributed by atoms with E-state index >= 15 is 0 Å². The van der Waals surface area contributed by atoms with Crippen molar-refractivity contribution in [1.29, 1.82) is 0 Å². The number of piperazine rings is 1. The highest BCUT2D eigenvalue weighted by Gasteiger charge is 2.29. The van der Waals surface area contributed by atoms with Crippen LogP contribution in [0, 0.1) is 13.8 Å². The van der Waals surface area contributed by atoms with Gasteiger partial charge in [-0.3, -0.25) is 9.59 Å². The van der Waals surface area contributed by atoms with Gasteiger partial charge < -0.3 is 14.7 Å². The third kappa shape index (κ3) is 4.90. The van der Waals surface area contributed by atoms with Crippen LogP contribution in [0.15, 0.2) is 41.3 Å². The van der Waals surface area contributed by atoms with E-state index in [1.807, 2.05) is 0 Å². The second-order valence-corrected chi connectivity index (χ2v) is 11.0. The zero-order chi connectivity index (χ0) is 23.8. The Balaban J connectivity index is 1.55. The topological polar surface area (TPSA) is 78.0 Å². The van der Waals surface area contributed by atoms with Gasteiger partial charge in [-0.1, -0.05) is 17.7 Å². The molecular weight excluding hydrogens is 438 g/mol. The number of aryl methyl sites for hydroxylation is 2. The van der Waals surface area contributed by atoms with Crippen molar-refractivity contribution in [2.75, 3.05) is 48.8 Å². The zero-order valence-electron chi connectivity index (χ0n) is 19.5. The molecule has 0 aliphatic carbocycles. The van der Waals surface area contributed by atoms with E-state index in [4.69, 9.17) is 0 Å². The summed E-state index contributed by atoms with van der Waals surface area (Å²) in [7, 11) is -3.66. The number of carbonyl (C=O) groups is 2. The number of rotatable bonds is 4. The maximum absolute atomic E-state index is 13.3. The third-order valence-corrected chi connectivity index (χ3v) is 7.63. The minimum Gasteiger partial charge on any atom is -0.368 e. The molecule has 8 heteroatoms. The Morgan fingerprint density at radius 1 is 0.909 bits per heavy atom. The number of sulfone groups is 1. The zero-order valence-corrected chi connectivity index (χ0v) is 20.3. The molecule has 2 amide bonds. The minimum atomic E-state index is -3.66. The lowest BCUT2D eigenvalue weighted by Gasteiger charge is -2.37. The van der Waals surface area contributed by atoms with E-state index in [0.717, 1.165) is 19.1 Å². The summed E-state index contributed by atoms with van der Waals surface area (Å²) in [4.78, 5) is 31.2. The summed E-state index contributed by atoms with van der Waals surface area (Å²) in [6.45, 7) is 7.12. The lowest BCUT2D eigenvalue weighted by Crippen LogP contribution is -2.49. The summed E-state index contributed by atoms with van der Waals surface area (Å²) in [5.74, 6) is -0.297. The number of anilines is 2. The molecule has 0 atom stereocenters. The van der Waals surface area contributed by atoms with Gasteiger partial charge in [0.1, 0.15) is 0 Å². The highest BCUT2D eigenvalue weighted by Crippen LogP contribution is 2.28. The SMILES string of the molecule is Cc1ccc(N2CCN(C(=O)c3ccc(N4CCCCC4=O)cc3S(C)(=O)=O)CC2)c(C)c1. The molecule has 2 saturated heterocycles. The van der Waals surface area contributed by atoms with Crippen LogP contribution in [0.4, 0.5) is 11.4 Å². The summed E-state index contributed by atoms with van der Waals surface area (Å²) in [5, 5.41) is 0. The molecule has 0 unspecified atom stereocenters. The van der Waals surface area contributed by atoms with E-state index in [0.29, 0.717) is 44.8 Å². The van der Waals surface area contributed by atoms with Crippen LogP contribution in [0.5, 0.6) is 0 Å². The maximum atomic E-state index is 13.3. The Kier molecular flexibility index (Phi) is 6.47. The Bertz CT molecular complexity index is 1180. The highest BCUT2D eigenvalue weighted by molar-refractivity contribution is 7.90. The number of nitrogens with zero attached hydrogens (tertiary/aromatic N) is 3. The molecular formula is C25H31N3O4S. The Hall–Kier alpha value is -2.87. The van der Waals surface area contributed by atoms with Crippen LogP contribution < -0.4 is 9.80 Å². The first-order chi connectivity index (χ1) is 15.6. The van der Waals surface area contributed by atoms with Crippen molar-refractivity contribution < 1.29 is 18.0 Å². The Morgan fingerprint density at radius 3 is 2.27 bits per heavy atom. The average molecular weight is 470 g/mol. The molecule has 0 aromatic heterocycles. The molecule has 0 radical (unpaired) electrons. The lowest BCUT2D eigenvalue weighted by molar-refractivity contribution is -0.119. The van der Waals surface area contributed by atoms with Crippen molar-refractivity contribution in [3.05, 3.63) is 53.1 Å². The van der Waals surface area contributed by atoms with Crippen molar-refractivity contribution in [3.63, 3.8) is 0 Å². The quantitative estimate of drug-likeness (QED) is 0.687. The van der Waals surface area contributed by atoms with Gasteiger partial charge in [-0.25, -0.2) is 8.42 Å². The van der Waals surface area contributed by atoms with Crippen LogP contribution in [-0.2, 0) is 14.6 Å². The van der Waals surface area contributed by atoms with Crippen molar-refractivity contribution in [2.45, 2.75) is 38.0 Å². The third-order valence-electron chi connectivity index (χ3n) is 6.49. The molecule has 0 spiro atoms. The number of hydrogen-bond donors (Lipinski definition) is 0. The Labute approximate surface area is 195 Å². The van der Waals surface area contributed by atoms with Crippen LogP contribution >= 0.6 is 0 Å². The van der Waals surface area contributed by atoms with Crippen molar-refractivity contribution in [2.24, 2.45) is 0 Å². The van der Waals surface area contributed by atoms with Gasteiger partial charge in [0.2, 0.25) is 5.91 Å². The van der Waals surface area contributed by atoms with Crippen LogP contribution in [0.1, 0.15) is 40.7 Å². The molecule has 0 bridgehead atoms. The maximum Gasteiger partial charge on any atom is 0.255 e. The van der Waals surface area contributed by atoms with E-state index in [-0.39, 0.29) is 22.3 Å². The fourth-order valence-electron chi connectivity index (χ4n) is 4.72. The second kappa shape index (κ2) is 9.17. The summed E-state index contributed by atoms with van der Waals surface area (Å²) < 4.78 is 25.2. The molecule has 176 valence electrons. The van der Waals surface area contributed by atoms with Gasteiger partial charge in [-0.15, -0.1) is 0 Å². The smallest absolute Gasteiger partial charge is 0.255 e. The molecule has 7 nitrogen and oxygen atoms in total. The van der Waals surface area contributed by atoms with Crippen LogP contribution in [-0.4, -0.2) is 64.1 Å². The van der Waals surface area contributed by atoms with Gasteiger partial charge in [-0.2, -0.15) is 0 Å². The monoisotopic (exact) mass is 469 g/mol. The van der Waals surface area contributed by atoms with Crippen LogP contribution in [0.3, 0.4) is 0 Å². The number of benzene rings is 2. The first kappa shape index (κ1) is 23.3. The second-order valence-electron chi connectivity index (χ2n) is 9.02. The van der Waals surface area contributed by atoms with E-state index in [1.54, 1.807) is 21.9 Å². The van der Waals surface area contributed by atoms with Gasteiger partial charge in [0.05, 0.1) is 10.5 Å². The molecule has 2 aromatic carbocycles. The van der Waals surface area contributed by atoms with Gasteiger partial charge >= 0.3 is 0 Å². The molecule has 4 rings (SSSR count). The average Bonchev–Trinajstić information content (AvgIpc) is 2.78. The van der Waals surface area contributed by atoms with Crippen molar-refractivity contribution >= 4 is 33.0 Å². The minimum absolute atomic E-state index is 0.0118. The summed E-state index contributed by atoms with van der Waals surface area (Å²) in [6, 6.07) is 11.1. The molecule has 33 heavy (non-hydrogen) atoms. The molecule has 2 aromatic rings. The van der Waals surface area contributed by atoms with E-state index in [2.05, 4.69) is 36.9 Å². The largest absolute Gasteiger partial charge is 0.368 e. The first-order valence-electron chi connectivity index (χ1n) is 11.4. The van der Waals surface area contributed by atoms with Crippen molar-refractivity contribution in [1.82, 2.24) is 4.90 Å². The van der Waals surface area contributed by atoms with Gasteiger partial charge in [0, 0.05) is 56.8 Å². The highest BCUT2D eigenvalue weighted by atomic mass is 32.2. The lowest BCUT2D eigenvalue weighted by atomic mass is 10.1. The predicted octanol–water partition coefficient (Wildman–Crippen LogP) is 3.19. The van der Waals surface area contributed by atoms with Gasteiger partial charge in [0.15, 0.2) is 9.84 Å². The number of piperidine rings is 1. The van der Waals surface area contributed by atoms with E-state index < -0.39 is 9.84 Å². The van der Waals surface area contributed by atoms with E-state index in [9.17, 15) is 18.0 Å². The van der Waals surface area contributed by atoms with E-state index in [1.165, 1.54) is 22.9 Å². The number of carbonyl (C=O) groups excluding carboxylic acids is 2. The molecule has 2 aliphatic heterocycles. The van der Waals surface area contributed by atoms with Crippen LogP contribution in [0.25, 0.3) is 0 Å². The molecule has 0 N–H and O–H groups in total. The fraction of sp³-hybridized carbons (Fsp3) is 0.440. The predicted molar refractivity (Wildman–Crippen MR) is 130 cm³/mol. The molecule has 2 aliphatic rings. The molecule has 2 fully saturated rings. The van der Waals surface area contributed by atoms with Crippen LogP contribution in [0.2, 0.25) is 0 Å². The van der Waals surface area contributed by atoms with Gasteiger partial charge in [-0.05, 0) is 56.5 Å². The normalized spacial score (nSPS) is 17.4.